The molecule has 0 saturated heterocycles. The van der Waals surface area contributed by atoms with E-state index in [9.17, 15) is 17.6 Å². The minimum Gasteiger partial charge on any atom is -0.354 e. The van der Waals surface area contributed by atoms with Crippen molar-refractivity contribution in [2.24, 2.45) is 0 Å². The SMILES string of the molecule is CC[C@@H](C(=O)NCCCn1ccnc1)N(c1ccc(F)cc1)S(C)(=O)=O. The molecule has 0 aliphatic carbocycles. The van der Waals surface area contributed by atoms with Gasteiger partial charge in [0.15, 0.2) is 0 Å². The van der Waals surface area contributed by atoms with Gasteiger partial charge >= 0.3 is 0 Å². The minimum atomic E-state index is -3.72. The van der Waals surface area contributed by atoms with E-state index in [4.69, 9.17) is 0 Å². The van der Waals surface area contributed by atoms with E-state index < -0.39 is 21.9 Å². The molecule has 1 aromatic carbocycles. The standard InChI is InChI=1S/C17H23FN4O3S/c1-3-16(17(23)20-9-4-11-21-12-10-19-13-21)22(26(2,24)25)15-7-5-14(18)6-8-15/h5-8,10,12-13,16H,3-4,9,11H2,1-2H3,(H,20,23)/t16-/m0/s1. The Kier molecular flexibility index (Phi) is 6.73. The Morgan fingerprint density at radius 3 is 2.58 bits per heavy atom. The van der Waals surface area contributed by atoms with E-state index in [-0.39, 0.29) is 18.0 Å². The van der Waals surface area contributed by atoms with Crippen LogP contribution in [0.15, 0.2) is 43.0 Å². The van der Waals surface area contributed by atoms with E-state index >= 15 is 0 Å². The lowest BCUT2D eigenvalue weighted by Gasteiger charge is -2.30. The average Bonchev–Trinajstić information content (AvgIpc) is 3.10. The lowest BCUT2D eigenvalue weighted by atomic mass is 10.2. The fourth-order valence-electron chi connectivity index (χ4n) is 2.66. The third-order valence-electron chi connectivity index (χ3n) is 3.86. The summed E-state index contributed by atoms with van der Waals surface area (Å²) < 4.78 is 40.6. The van der Waals surface area contributed by atoms with E-state index in [0.29, 0.717) is 19.5 Å². The number of amides is 1. The quantitative estimate of drug-likeness (QED) is 0.670. The van der Waals surface area contributed by atoms with Crippen LogP contribution >= 0.6 is 0 Å². The van der Waals surface area contributed by atoms with Crippen LogP contribution in [0, 0.1) is 5.82 Å². The average molecular weight is 382 g/mol. The van der Waals surface area contributed by atoms with Crippen molar-refractivity contribution in [2.75, 3.05) is 17.1 Å². The van der Waals surface area contributed by atoms with Gasteiger partial charge in [-0.15, -0.1) is 0 Å². The first-order valence-electron chi connectivity index (χ1n) is 8.31. The summed E-state index contributed by atoms with van der Waals surface area (Å²) in [4.78, 5) is 16.5. The highest BCUT2D eigenvalue weighted by Crippen LogP contribution is 2.22. The van der Waals surface area contributed by atoms with Crippen molar-refractivity contribution in [3.63, 3.8) is 0 Å². The second-order valence-corrected chi connectivity index (χ2v) is 7.76. The summed E-state index contributed by atoms with van der Waals surface area (Å²) in [6, 6.07) is 4.15. The number of hydrogen-bond donors (Lipinski definition) is 1. The fourth-order valence-corrected chi connectivity index (χ4v) is 3.87. The van der Waals surface area contributed by atoms with Crippen molar-refractivity contribution in [1.82, 2.24) is 14.9 Å². The van der Waals surface area contributed by atoms with Gasteiger partial charge < -0.3 is 9.88 Å². The molecule has 1 amide bonds. The summed E-state index contributed by atoms with van der Waals surface area (Å²) >= 11 is 0. The molecule has 0 radical (unpaired) electrons. The van der Waals surface area contributed by atoms with E-state index in [2.05, 4.69) is 10.3 Å². The molecule has 0 fully saturated rings. The molecule has 0 spiro atoms. The van der Waals surface area contributed by atoms with Crippen molar-refractivity contribution in [2.45, 2.75) is 32.4 Å². The van der Waals surface area contributed by atoms with Gasteiger partial charge in [0, 0.05) is 25.5 Å². The molecule has 1 aromatic heterocycles. The fraction of sp³-hybridized carbons (Fsp3) is 0.412. The van der Waals surface area contributed by atoms with Crippen molar-refractivity contribution < 1.29 is 17.6 Å². The zero-order valence-electron chi connectivity index (χ0n) is 14.8. The minimum absolute atomic E-state index is 0.259. The molecule has 0 unspecified atom stereocenters. The van der Waals surface area contributed by atoms with Crippen molar-refractivity contribution in [3.05, 3.63) is 48.8 Å². The molecule has 1 N–H and O–H groups in total. The number of aryl methyl sites for hydroxylation is 1. The molecular formula is C17H23FN4O3S. The van der Waals surface area contributed by atoms with E-state index in [0.717, 1.165) is 10.6 Å². The zero-order chi connectivity index (χ0) is 19.2. The first-order chi connectivity index (χ1) is 12.3. The van der Waals surface area contributed by atoms with E-state index in [1.807, 2.05) is 10.8 Å². The molecule has 0 aliphatic rings. The monoisotopic (exact) mass is 382 g/mol. The van der Waals surface area contributed by atoms with Crippen LogP contribution in [-0.4, -0.2) is 42.7 Å². The largest absolute Gasteiger partial charge is 0.354 e. The smallest absolute Gasteiger partial charge is 0.243 e. The Morgan fingerprint density at radius 2 is 2.04 bits per heavy atom. The van der Waals surface area contributed by atoms with Crippen molar-refractivity contribution in [1.29, 1.82) is 0 Å². The number of imidazole rings is 1. The molecule has 26 heavy (non-hydrogen) atoms. The summed E-state index contributed by atoms with van der Waals surface area (Å²) in [6.45, 7) is 2.84. The molecular weight excluding hydrogens is 359 g/mol. The van der Waals surface area contributed by atoms with Crippen LogP contribution in [0.3, 0.4) is 0 Å². The number of carbonyl (C=O) groups is 1. The van der Waals surface area contributed by atoms with Crippen LogP contribution in [0.25, 0.3) is 0 Å². The first kappa shape index (κ1) is 19.9. The topological polar surface area (TPSA) is 84.3 Å². The third-order valence-corrected chi connectivity index (χ3v) is 5.04. The molecule has 0 bridgehead atoms. The molecule has 0 saturated carbocycles. The van der Waals surface area contributed by atoms with Gasteiger partial charge in [-0.2, -0.15) is 0 Å². The second kappa shape index (κ2) is 8.79. The molecule has 0 aliphatic heterocycles. The number of anilines is 1. The van der Waals surface area contributed by atoms with Crippen LogP contribution in [0.1, 0.15) is 19.8 Å². The lowest BCUT2D eigenvalue weighted by molar-refractivity contribution is -0.122. The summed E-state index contributed by atoms with van der Waals surface area (Å²) in [5.41, 5.74) is 0.259. The van der Waals surface area contributed by atoms with Gasteiger partial charge in [-0.3, -0.25) is 9.10 Å². The van der Waals surface area contributed by atoms with Crippen LogP contribution in [0.4, 0.5) is 10.1 Å². The Morgan fingerprint density at radius 1 is 1.35 bits per heavy atom. The zero-order valence-corrected chi connectivity index (χ0v) is 15.6. The highest BCUT2D eigenvalue weighted by molar-refractivity contribution is 7.92. The Bertz CT molecular complexity index is 807. The number of benzene rings is 1. The van der Waals surface area contributed by atoms with Gasteiger partial charge in [-0.05, 0) is 37.1 Å². The highest BCUT2D eigenvalue weighted by Gasteiger charge is 2.31. The number of rotatable bonds is 9. The van der Waals surface area contributed by atoms with Gasteiger partial charge in [0.2, 0.25) is 15.9 Å². The number of hydrogen-bond acceptors (Lipinski definition) is 4. The van der Waals surface area contributed by atoms with Crippen LogP contribution in [-0.2, 0) is 21.4 Å². The highest BCUT2D eigenvalue weighted by atomic mass is 32.2. The van der Waals surface area contributed by atoms with Gasteiger partial charge in [-0.1, -0.05) is 6.92 Å². The molecule has 1 heterocycles. The third kappa shape index (κ3) is 5.29. The molecule has 7 nitrogen and oxygen atoms in total. The molecule has 9 heteroatoms. The van der Waals surface area contributed by atoms with Crippen molar-refractivity contribution in [3.8, 4) is 0 Å². The molecule has 142 valence electrons. The normalized spacial score (nSPS) is 12.6. The maximum Gasteiger partial charge on any atom is 0.243 e. The van der Waals surface area contributed by atoms with Gasteiger partial charge in [0.05, 0.1) is 18.3 Å². The number of nitrogens with zero attached hydrogens (tertiary/aromatic N) is 3. The van der Waals surface area contributed by atoms with Gasteiger partial charge in [0.25, 0.3) is 0 Å². The Balaban J connectivity index is 2.06. The number of nitrogens with one attached hydrogen (secondary N) is 1. The number of aromatic nitrogens is 2. The first-order valence-corrected chi connectivity index (χ1v) is 10.2. The summed E-state index contributed by atoms with van der Waals surface area (Å²) in [7, 11) is -3.72. The number of carbonyl (C=O) groups excluding carboxylic acids is 1. The Labute approximate surface area is 152 Å². The summed E-state index contributed by atoms with van der Waals surface area (Å²) in [6.07, 6.45) is 7.21. The van der Waals surface area contributed by atoms with Gasteiger partial charge in [-0.25, -0.2) is 17.8 Å². The van der Waals surface area contributed by atoms with Crippen molar-refractivity contribution >= 4 is 21.6 Å². The predicted molar refractivity (Wildman–Crippen MR) is 97.7 cm³/mol. The number of halogens is 1. The van der Waals surface area contributed by atoms with Crippen LogP contribution in [0.2, 0.25) is 0 Å². The van der Waals surface area contributed by atoms with Crippen LogP contribution < -0.4 is 9.62 Å². The molecule has 2 aromatic rings. The maximum absolute atomic E-state index is 13.2. The lowest BCUT2D eigenvalue weighted by Crippen LogP contribution is -2.49. The summed E-state index contributed by atoms with van der Waals surface area (Å²) in [5.74, 6) is -0.855. The van der Waals surface area contributed by atoms with Gasteiger partial charge in [0.1, 0.15) is 11.9 Å². The maximum atomic E-state index is 13.2. The second-order valence-electron chi connectivity index (χ2n) is 5.90. The van der Waals surface area contributed by atoms with E-state index in [1.165, 1.54) is 24.3 Å². The molecule has 2 rings (SSSR count). The molecule has 1 atom stereocenters. The van der Waals surface area contributed by atoms with Crippen LogP contribution in [0.5, 0.6) is 0 Å². The predicted octanol–water partition coefficient (Wildman–Crippen LogP) is 1.77. The van der Waals surface area contributed by atoms with E-state index in [1.54, 1.807) is 19.4 Å². The summed E-state index contributed by atoms with van der Waals surface area (Å²) in [5, 5.41) is 2.78. The Hall–Kier alpha value is -2.42. The number of sulfonamides is 1.